The smallest absolute Gasteiger partial charge is 0.419 e. The maximum Gasteiger partial charge on any atom is 0.419 e. The Hall–Kier alpha value is -2.36. The lowest BCUT2D eigenvalue weighted by atomic mass is 10.2. The molecule has 1 aromatic rings. The summed E-state index contributed by atoms with van der Waals surface area (Å²) in [6.45, 7) is -0.903. The third-order valence-electron chi connectivity index (χ3n) is 2.32. The molecule has 2 amide bonds. The minimum absolute atomic E-state index is 0.365. The highest BCUT2D eigenvalue weighted by atomic mass is 19.4. The van der Waals surface area contributed by atoms with E-state index >= 15 is 0 Å². The van der Waals surface area contributed by atoms with E-state index in [1.54, 1.807) is 0 Å². The fourth-order valence-electron chi connectivity index (χ4n) is 1.33. The number of carbonyl (C=O) groups excluding carboxylic acids is 1. The molecule has 0 aliphatic heterocycles. The average molecular weight is 310 g/mol. The van der Waals surface area contributed by atoms with Crippen LogP contribution >= 0.6 is 0 Å². The minimum atomic E-state index is -4.94. The molecule has 4 N–H and O–H groups in total. The molecule has 0 aromatic heterocycles. The van der Waals surface area contributed by atoms with Crippen molar-refractivity contribution in [3.63, 3.8) is 0 Å². The number of amides is 2. The third kappa shape index (κ3) is 4.60. The molecule has 0 aliphatic rings. The maximum absolute atomic E-state index is 13.0. The largest absolute Gasteiger partial charge is 0.480 e. The topological polar surface area (TPSA) is 98.7 Å². The monoisotopic (exact) mass is 310 g/mol. The summed E-state index contributed by atoms with van der Waals surface area (Å²) in [4.78, 5) is 21.9. The van der Waals surface area contributed by atoms with E-state index in [2.05, 4.69) is 0 Å². The first-order valence-electron chi connectivity index (χ1n) is 5.43. The van der Waals surface area contributed by atoms with Crippen LogP contribution in [0.4, 0.5) is 28.0 Å². The Kier molecular flexibility index (Phi) is 5.08. The molecule has 0 heterocycles. The number of hydrogen-bond donors (Lipinski definition) is 4. The second-order valence-corrected chi connectivity index (χ2v) is 3.86. The van der Waals surface area contributed by atoms with Crippen LogP contribution in [-0.2, 0) is 11.0 Å². The van der Waals surface area contributed by atoms with Crippen LogP contribution < -0.4 is 10.6 Å². The van der Waals surface area contributed by atoms with E-state index in [4.69, 9.17) is 10.2 Å². The molecule has 116 valence electrons. The zero-order chi connectivity index (χ0) is 16.2. The predicted molar refractivity (Wildman–Crippen MR) is 62.1 cm³/mol. The van der Waals surface area contributed by atoms with Crippen LogP contribution in [0, 0.1) is 5.82 Å². The van der Waals surface area contributed by atoms with Gasteiger partial charge in [0.15, 0.2) is 6.04 Å². The molecule has 10 heteroatoms. The van der Waals surface area contributed by atoms with Gasteiger partial charge in [-0.05, 0) is 18.2 Å². The second-order valence-electron chi connectivity index (χ2n) is 3.86. The standard InChI is InChI=1S/C11H10F4N2O4/c12-7-2-1-5(3-6(7)11(13,14)15)16-10(21)17-8(4-18)9(19)20/h1-3,8,18H,4H2,(H,19,20)(H2,16,17,21). The number of alkyl halides is 3. The summed E-state index contributed by atoms with van der Waals surface area (Å²) < 4.78 is 50.4. The first-order chi connectivity index (χ1) is 9.65. The van der Waals surface area contributed by atoms with Crippen molar-refractivity contribution in [3.8, 4) is 0 Å². The SMILES string of the molecule is O=C(Nc1ccc(F)c(C(F)(F)F)c1)NC(CO)C(=O)O. The normalized spacial score (nSPS) is 12.6. The first kappa shape index (κ1) is 16.7. The molecule has 0 saturated heterocycles. The van der Waals surface area contributed by atoms with Crippen LogP contribution in [0.15, 0.2) is 18.2 Å². The number of halogens is 4. The van der Waals surface area contributed by atoms with Crippen molar-refractivity contribution in [3.05, 3.63) is 29.6 Å². The number of rotatable bonds is 4. The van der Waals surface area contributed by atoms with Gasteiger partial charge >= 0.3 is 18.2 Å². The van der Waals surface area contributed by atoms with Crippen molar-refractivity contribution < 1.29 is 37.4 Å². The van der Waals surface area contributed by atoms with Gasteiger partial charge in [0.1, 0.15) is 5.82 Å². The Morgan fingerprint density at radius 1 is 1.29 bits per heavy atom. The molecule has 21 heavy (non-hydrogen) atoms. The lowest BCUT2D eigenvalue weighted by Gasteiger charge is -2.14. The third-order valence-corrected chi connectivity index (χ3v) is 2.32. The molecule has 1 atom stereocenters. The molecule has 0 spiro atoms. The van der Waals surface area contributed by atoms with Crippen molar-refractivity contribution in [1.82, 2.24) is 5.32 Å². The summed E-state index contributed by atoms with van der Waals surface area (Å²) in [5.74, 6) is -3.03. The highest BCUT2D eigenvalue weighted by Gasteiger charge is 2.34. The van der Waals surface area contributed by atoms with Gasteiger partial charge in [-0.1, -0.05) is 0 Å². The van der Waals surface area contributed by atoms with Gasteiger partial charge < -0.3 is 20.8 Å². The Morgan fingerprint density at radius 3 is 2.38 bits per heavy atom. The lowest BCUT2D eigenvalue weighted by molar-refractivity contribution is -0.140. The van der Waals surface area contributed by atoms with E-state index in [0.717, 1.165) is 6.07 Å². The van der Waals surface area contributed by atoms with Crippen LogP contribution in [0.1, 0.15) is 5.56 Å². The van der Waals surface area contributed by atoms with E-state index in [-0.39, 0.29) is 5.69 Å². The predicted octanol–water partition coefficient (Wildman–Crippen LogP) is 1.41. The molecule has 0 saturated carbocycles. The van der Waals surface area contributed by atoms with Crippen LogP contribution in [-0.4, -0.2) is 34.9 Å². The van der Waals surface area contributed by atoms with Crippen LogP contribution in [0.3, 0.4) is 0 Å². The summed E-state index contributed by atoms with van der Waals surface area (Å²) in [5, 5.41) is 21.0. The van der Waals surface area contributed by atoms with Crippen molar-refractivity contribution in [2.45, 2.75) is 12.2 Å². The van der Waals surface area contributed by atoms with E-state index < -0.39 is 42.2 Å². The Morgan fingerprint density at radius 2 is 1.90 bits per heavy atom. The molecule has 1 aromatic carbocycles. The highest BCUT2D eigenvalue weighted by molar-refractivity contribution is 5.92. The summed E-state index contributed by atoms with van der Waals surface area (Å²) >= 11 is 0. The van der Waals surface area contributed by atoms with Crippen molar-refractivity contribution >= 4 is 17.7 Å². The number of carboxylic acids is 1. The number of aliphatic carboxylic acids is 1. The van der Waals surface area contributed by atoms with Gasteiger partial charge in [0, 0.05) is 5.69 Å². The summed E-state index contributed by atoms with van der Waals surface area (Å²) in [5.41, 5.74) is -1.96. The fraction of sp³-hybridized carbons (Fsp3) is 0.273. The number of benzene rings is 1. The zero-order valence-electron chi connectivity index (χ0n) is 10.2. The molecule has 0 radical (unpaired) electrons. The number of urea groups is 1. The Balaban J connectivity index is 2.84. The summed E-state index contributed by atoms with van der Waals surface area (Å²) in [6, 6.07) is -1.02. The summed E-state index contributed by atoms with van der Waals surface area (Å²) in [6.07, 6.45) is -4.94. The van der Waals surface area contributed by atoms with Gasteiger partial charge in [-0.2, -0.15) is 13.2 Å². The van der Waals surface area contributed by atoms with E-state index in [1.165, 1.54) is 0 Å². The molecule has 1 rings (SSSR count). The maximum atomic E-state index is 13.0. The van der Waals surface area contributed by atoms with Crippen LogP contribution in [0.25, 0.3) is 0 Å². The number of hydrogen-bond acceptors (Lipinski definition) is 3. The van der Waals surface area contributed by atoms with Gasteiger partial charge in [0.05, 0.1) is 12.2 Å². The highest BCUT2D eigenvalue weighted by Crippen LogP contribution is 2.32. The van der Waals surface area contributed by atoms with Gasteiger partial charge in [0.25, 0.3) is 0 Å². The number of anilines is 1. The zero-order valence-corrected chi connectivity index (χ0v) is 10.2. The molecule has 0 bridgehead atoms. The molecule has 0 fully saturated rings. The Bertz CT molecular complexity index is 548. The van der Waals surface area contributed by atoms with E-state index in [0.29, 0.717) is 12.1 Å². The van der Waals surface area contributed by atoms with Gasteiger partial charge in [-0.15, -0.1) is 0 Å². The number of aliphatic hydroxyl groups is 1. The Labute approximate surface area is 115 Å². The molecule has 1 unspecified atom stereocenters. The van der Waals surface area contributed by atoms with Gasteiger partial charge in [0.2, 0.25) is 0 Å². The quantitative estimate of drug-likeness (QED) is 0.632. The van der Waals surface area contributed by atoms with E-state index in [9.17, 15) is 27.2 Å². The molecular formula is C11H10F4N2O4. The fourth-order valence-corrected chi connectivity index (χ4v) is 1.33. The van der Waals surface area contributed by atoms with E-state index in [1.807, 2.05) is 10.6 Å². The number of carboxylic acid groups (broad SMARTS) is 1. The molecule has 6 nitrogen and oxygen atoms in total. The summed E-state index contributed by atoms with van der Waals surface area (Å²) in [7, 11) is 0. The number of carbonyl (C=O) groups is 2. The van der Waals surface area contributed by atoms with Gasteiger partial charge in [-0.3, -0.25) is 0 Å². The van der Waals surface area contributed by atoms with Crippen molar-refractivity contribution in [2.75, 3.05) is 11.9 Å². The molecular weight excluding hydrogens is 300 g/mol. The first-order valence-corrected chi connectivity index (χ1v) is 5.43. The average Bonchev–Trinajstić information content (AvgIpc) is 2.36. The molecule has 0 aliphatic carbocycles. The number of aliphatic hydroxyl groups excluding tert-OH is 1. The number of nitrogens with one attached hydrogen (secondary N) is 2. The minimum Gasteiger partial charge on any atom is -0.480 e. The second kappa shape index (κ2) is 6.39. The lowest BCUT2D eigenvalue weighted by Crippen LogP contribution is -2.45. The van der Waals surface area contributed by atoms with Crippen molar-refractivity contribution in [2.24, 2.45) is 0 Å². The van der Waals surface area contributed by atoms with Gasteiger partial charge in [-0.25, -0.2) is 14.0 Å². The van der Waals surface area contributed by atoms with Crippen LogP contribution in [0.5, 0.6) is 0 Å². The van der Waals surface area contributed by atoms with Crippen molar-refractivity contribution in [1.29, 1.82) is 0 Å². The van der Waals surface area contributed by atoms with Crippen LogP contribution in [0.2, 0.25) is 0 Å².